The predicted octanol–water partition coefficient (Wildman–Crippen LogP) is 5.75. The molecule has 0 atom stereocenters. The second-order valence-corrected chi connectivity index (χ2v) is 11.1. The van der Waals surface area contributed by atoms with E-state index in [9.17, 15) is 13.2 Å². The molecule has 4 aromatic carbocycles. The summed E-state index contributed by atoms with van der Waals surface area (Å²) in [6.07, 6.45) is 0. The minimum absolute atomic E-state index is 0.110. The van der Waals surface area contributed by atoms with E-state index >= 15 is 0 Å². The number of nitrogens with zero attached hydrogens (tertiary/aromatic N) is 1. The van der Waals surface area contributed by atoms with Gasteiger partial charge < -0.3 is 14.8 Å². The molecule has 0 radical (unpaired) electrons. The summed E-state index contributed by atoms with van der Waals surface area (Å²) in [5, 5.41) is 3.38. The van der Waals surface area contributed by atoms with Crippen LogP contribution >= 0.6 is 11.6 Å². The van der Waals surface area contributed by atoms with Gasteiger partial charge in [0, 0.05) is 17.1 Å². The Balaban J connectivity index is 1.47. The number of benzene rings is 4. The van der Waals surface area contributed by atoms with E-state index in [-0.39, 0.29) is 24.0 Å². The summed E-state index contributed by atoms with van der Waals surface area (Å²) in [4.78, 5) is 12.5. The van der Waals surface area contributed by atoms with Gasteiger partial charge in [-0.25, -0.2) is 8.42 Å². The molecule has 39 heavy (non-hydrogen) atoms. The first-order valence-electron chi connectivity index (χ1n) is 12.2. The van der Waals surface area contributed by atoms with Crippen LogP contribution in [0.15, 0.2) is 102 Å². The number of hydrogen-bond donors (Lipinski definition) is 1. The number of carbonyl (C=O) groups is 1. The molecule has 1 amide bonds. The summed E-state index contributed by atoms with van der Waals surface area (Å²) < 4.78 is 39.6. The van der Waals surface area contributed by atoms with Gasteiger partial charge >= 0.3 is 0 Å². The standard InChI is InChI=1S/C30H29ClN2O5S/c1-22-7-17-28(18-8-22)39(35,36)33(20-23-9-11-25(31)12-10-23)26-13-15-27(16-14-26)38-21-30(34)32-19-24-5-3-4-6-29(24)37-2/h3-18H,19-21H2,1-2H3,(H,32,34). The van der Waals surface area contributed by atoms with Crippen molar-refractivity contribution in [3.63, 3.8) is 0 Å². The van der Waals surface area contributed by atoms with Crippen LogP contribution in [0.4, 0.5) is 5.69 Å². The van der Waals surface area contributed by atoms with Crippen molar-refractivity contribution < 1.29 is 22.7 Å². The third-order valence-electron chi connectivity index (χ3n) is 6.01. The van der Waals surface area contributed by atoms with Gasteiger partial charge in [0.1, 0.15) is 11.5 Å². The predicted molar refractivity (Wildman–Crippen MR) is 153 cm³/mol. The van der Waals surface area contributed by atoms with E-state index in [0.29, 0.717) is 28.8 Å². The summed E-state index contributed by atoms with van der Waals surface area (Å²) in [6.45, 7) is 2.13. The topological polar surface area (TPSA) is 84.9 Å². The fourth-order valence-corrected chi connectivity index (χ4v) is 5.44. The van der Waals surface area contributed by atoms with Crippen LogP contribution in [0.25, 0.3) is 0 Å². The Morgan fingerprint density at radius 2 is 1.56 bits per heavy atom. The Kier molecular flexibility index (Phi) is 9.11. The maximum absolute atomic E-state index is 13.7. The third kappa shape index (κ3) is 7.31. The molecule has 0 aliphatic heterocycles. The second-order valence-electron chi connectivity index (χ2n) is 8.82. The number of amides is 1. The number of sulfonamides is 1. The second kappa shape index (κ2) is 12.7. The van der Waals surface area contributed by atoms with Crippen LogP contribution in [0.2, 0.25) is 5.02 Å². The van der Waals surface area contributed by atoms with Crippen molar-refractivity contribution in [3.05, 3.63) is 119 Å². The number of para-hydroxylation sites is 1. The van der Waals surface area contributed by atoms with Gasteiger partial charge in [0.15, 0.2) is 6.61 Å². The molecule has 0 unspecified atom stereocenters. The lowest BCUT2D eigenvalue weighted by atomic mass is 10.2. The monoisotopic (exact) mass is 564 g/mol. The Bertz CT molecular complexity index is 1510. The highest BCUT2D eigenvalue weighted by Gasteiger charge is 2.25. The van der Waals surface area contributed by atoms with Gasteiger partial charge in [-0.05, 0) is 67.1 Å². The zero-order valence-corrected chi connectivity index (χ0v) is 23.2. The largest absolute Gasteiger partial charge is 0.496 e. The molecule has 0 saturated carbocycles. The molecule has 202 valence electrons. The first-order chi connectivity index (χ1) is 18.8. The van der Waals surface area contributed by atoms with E-state index in [2.05, 4.69) is 5.32 Å². The maximum Gasteiger partial charge on any atom is 0.264 e. The Hall–Kier alpha value is -4.01. The number of methoxy groups -OCH3 is 1. The van der Waals surface area contributed by atoms with Gasteiger partial charge in [0.05, 0.1) is 24.2 Å². The first kappa shape index (κ1) is 28.0. The van der Waals surface area contributed by atoms with Crippen molar-refractivity contribution in [2.75, 3.05) is 18.0 Å². The number of anilines is 1. The van der Waals surface area contributed by atoms with E-state index < -0.39 is 10.0 Å². The minimum Gasteiger partial charge on any atom is -0.496 e. The molecule has 1 N–H and O–H groups in total. The van der Waals surface area contributed by atoms with Crippen LogP contribution in [0.3, 0.4) is 0 Å². The van der Waals surface area contributed by atoms with Crippen LogP contribution in [-0.4, -0.2) is 28.0 Å². The summed E-state index contributed by atoms with van der Waals surface area (Å²) in [5.41, 5.74) is 3.06. The maximum atomic E-state index is 13.7. The Morgan fingerprint density at radius 3 is 2.23 bits per heavy atom. The van der Waals surface area contributed by atoms with Crippen LogP contribution in [0, 0.1) is 6.92 Å². The summed E-state index contributed by atoms with van der Waals surface area (Å²) in [7, 11) is -2.29. The molecule has 0 bridgehead atoms. The molecular formula is C30H29ClN2O5S. The number of nitrogens with one attached hydrogen (secondary N) is 1. The normalized spacial score (nSPS) is 11.1. The SMILES string of the molecule is COc1ccccc1CNC(=O)COc1ccc(N(Cc2ccc(Cl)cc2)S(=O)(=O)c2ccc(C)cc2)cc1. The molecule has 4 aromatic rings. The molecule has 9 heteroatoms. The fraction of sp³-hybridized carbons (Fsp3) is 0.167. The highest BCUT2D eigenvalue weighted by molar-refractivity contribution is 7.92. The van der Waals surface area contributed by atoms with Crippen LogP contribution < -0.4 is 19.1 Å². The van der Waals surface area contributed by atoms with Crippen molar-refractivity contribution in [1.82, 2.24) is 5.32 Å². The smallest absolute Gasteiger partial charge is 0.264 e. The average molecular weight is 565 g/mol. The minimum atomic E-state index is -3.87. The average Bonchev–Trinajstić information content (AvgIpc) is 2.95. The van der Waals surface area contributed by atoms with Gasteiger partial charge in [-0.3, -0.25) is 9.10 Å². The van der Waals surface area contributed by atoms with Crippen LogP contribution in [-0.2, 0) is 27.9 Å². The number of rotatable bonds is 11. The van der Waals surface area contributed by atoms with Gasteiger partial charge in [-0.2, -0.15) is 0 Å². The molecule has 0 heterocycles. The highest BCUT2D eigenvalue weighted by atomic mass is 35.5. The summed E-state index contributed by atoms with van der Waals surface area (Å²) in [5.74, 6) is 0.833. The number of ether oxygens (including phenoxy) is 2. The molecule has 0 saturated heterocycles. The zero-order chi connectivity index (χ0) is 27.8. The van der Waals surface area contributed by atoms with Crippen molar-refractivity contribution in [1.29, 1.82) is 0 Å². The summed E-state index contributed by atoms with van der Waals surface area (Å²) >= 11 is 6.02. The number of halogens is 1. The lowest BCUT2D eigenvalue weighted by molar-refractivity contribution is -0.123. The summed E-state index contributed by atoms with van der Waals surface area (Å²) in [6, 6.07) is 27.8. The first-order valence-corrected chi connectivity index (χ1v) is 14.0. The highest BCUT2D eigenvalue weighted by Crippen LogP contribution is 2.28. The van der Waals surface area contributed by atoms with E-state index in [1.165, 1.54) is 4.31 Å². The third-order valence-corrected chi connectivity index (χ3v) is 8.05. The van der Waals surface area contributed by atoms with Gasteiger partial charge in [-0.1, -0.05) is 59.6 Å². The molecule has 0 aromatic heterocycles. The number of carbonyl (C=O) groups excluding carboxylic acids is 1. The fourth-order valence-electron chi connectivity index (χ4n) is 3.86. The lowest BCUT2D eigenvalue weighted by Crippen LogP contribution is -2.30. The zero-order valence-electron chi connectivity index (χ0n) is 21.6. The van der Waals surface area contributed by atoms with Crippen LogP contribution in [0.5, 0.6) is 11.5 Å². The molecule has 0 aliphatic rings. The molecule has 4 rings (SSSR count). The van der Waals surface area contributed by atoms with E-state index in [0.717, 1.165) is 16.7 Å². The lowest BCUT2D eigenvalue weighted by Gasteiger charge is -2.25. The van der Waals surface area contributed by atoms with Crippen molar-refractivity contribution >= 4 is 33.2 Å². The Labute approximate surface area is 234 Å². The molecule has 0 spiro atoms. The van der Waals surface area contributed by atoms with Crippen LogP contribution in [0.1, 0.15) is 16.7 Å². The van der Waals surface area contributed by atoms with E-state index in [4.69, 9.17) is 21.1 Å². The number of hydrogen-bond acceptors (Lipinski definition) is 5. The quantitative estimate of drug-likeness (QED) is 0.251. The van der Waals surface area contributed by atoms with E-state index in [1.54, 1.807) is 79.9 Å². The van der Waals surface area contributed by atoms with Crippen molar-refractivity contribution in [2.24, 2.45) is 0 Å². The molecule has 0 fully saturated rings. The van der Waals surface area contributed by atoms with Gasteiger partial charge in [0.2, 0.25) is 0 Å². The van der Waals surface area contributed by atoms with Crippen molar-refractivity contribution in [2.45, 2.75) is 24.9 Å². The van der Waals surface area contributed by atoms with E-state index in [1.807, 2.05) is 31.2 Å². The van der Waals surface area contributed by atoms with Crippen molar-refractivity contribution in [3.8, 4) is 11.5 Å². The molecule has 7 nitrogen and oxygen atoms in total. The number of aryl methyl sites for hydroxylation is 1. The molecule has 0 aliphatic carbocycles. The van der Waals surface area contributed by atoms with Gasteiger partial charge in [-0.15, -0.1) is 0 Å². The van der Waals surface area contributed by atoms with Gasteiger partial charge in [0.25, 0.3) is 15.9 Å². The molecular weight excluding hydrogens is 536 g/mol. The Morgan fingerprint density at radius 1 is 0.897 bits per heavy atom.